The third-order valence-corrected chi connectivity index (χ3v) is 6.97. The predicted molar refractivity (Wildman–Crippen MR) is 123 cm³/mol. The molecule has 1 aromatic carbocycles. The minimum Gasteiger partial charge on any atom is -0.475 e. The van der Waals surface area contributed by atoms with Gasteiger partial charge in [0.15, 0.2) is 9.84 Å². The van der Waals surface area contributed by atoms with Crippen molar-refractivity contribution in [2.24, 2.45) is 0 Å². The van der Waals surface area contributed by atoms with E-state index in [4.69, 9.17) is 21.1 Å². The number of aromatic nitrogens is 4. The number of fused-ring (bicyclic) bond motifs is 1. The van der Waals surface area contributed by atoms with Crippen LogP contribution in [0.5, 0.6) is 5.88 Å². The summed E-state index contributed by atoms with van der Waals surface area (Å²) in [6.07, 6.45) is 2.60. The lowest BCUT2D eigenvalue weighted by molar-refractivity contribution is -0.0410. The first-order valence-corrected chi connectivity index (χ1v) is 13.5. The van der Waals surface area contributed by atoms with Crippen LogP contribution in [-0.4, -0.2) is 83.7 Å². The molecule has 0 radical (unpaired) electrons. The van der Waals surface area contributed by atoms with Gasteiger partial charge in [-0.15, -0.1) is 5.10 Å². The summed E-state index contributed by atoms with van der Waals surface area (Å²) >= 11 is 7.63. The van der Waals surface area contributed by atoms with Crippen molar-refractivity contribution in [3.8, 4) is 5.88 Å². The van der Waals surface area contributed by atoms with Gasteiger partial charge in [0, 0.05) is 24.6 Å². The Bertz CT molecular complexity index is 1310. The van der Waals surface area contributed by atoms with Crippen LogP contribution in [0.15, 0.2) is 34.3 Å². The number of halogens is 1. The number of amides is 1. The zero-order valence-corrected chi connectivity index (χ0v) is 20.6. The SMILES string of the molecule is CSc1nc2nc(C)cc(OCC3CN(C(=O)c4ccc(S(C)(=O)=O)cc4Cl)CCO3)n2n1. The molecule has 2 aromatic heterocycles. The molecule has 33 heavy (non-hydrogen) atoms. The normalized spacial score (nSPS) is 16.8. The van der Waals surface area contributed by atoms with Crippen LogP contribution in [-0.2, 0) is 14.6 Å². The second kappa shape index (κ2) is 9.45. The molecule has 3 heterocycles. The maximum atomic E-state index is 13.0. The Morgan fingerprint density at radius 3 is 2.82 bits per heavy atom. The molecule has 1 atom stereocenters. The minimum absolute atomic E-state index is 0.0639. The maximum absolute atomic E-state index is 13.0. The minimum atomic E-state index is -3.42. The molecule has 1 unspecified atom stereocenters. The Labute approximate surface area is 200 Å². The van der Waals surface area contributed by atoms with Crippen molar-refractivity contribution < 1.29 is 22.7 Å². The molecule has 13 heteroatoms. The van der Waals surface area contributed by atoms with Crippen LogP contribution in [0.3, 0.4) is 0 Å². The van der Waals surface area contributed by atoms with Gasteiger partial charge in [-0.05, 0) is 31.4 Å². The molecule has 1 amide bonds. The second-order valence-electron chi connectivity index (χ2n) is 7.51. The maximum Gasteiger partial charge on any atom is 0.256 e. The molecule has 1 aliphatic heterocycles. The highest BCUT2D eigenvalue weighted by molar-refractivity contribution is 7.98. The number of sulfone groups is 1. The van der Waals surface area contributed by atoms with E-state index in [0.717, 1.165) is 11.9 Å². The Morgan fingerprint density at radius 1 is 1.33 bits per heavy atom. The van der Waals surface area contributed by atoms with Gasteiger partial charge < -0.3 is 14.4 Å². The molecular weight excluding hydrogens is 490 g/mol. The molecule has 0 spiro atoms. The Morgan fingerprint density at radius 2 is 2.12 bits per heavy atom. The van der Waals surface area contributed by atoms with E-state index in [1.165, 1.54) is 34.5 Å². The molecular formula is C20H22ClN5O5S2. The topological polar surface area (TPSA) is 116 Å². The monoisotopic (exact) mass is 511 g/mol. The summed E-state index contributed by atoms with van der Waals surface area (Å²) in [5.41, 5.74) is 0.982. The van der Waals surface area contributed by atoms with Gasteiger partial charge in [-0.3, -0.25) is 4.79 Å². The molecule has 1 fully saturated rings. The third kappa shape index (κ3) is 5.24. The summed E-state index contributed by atoms with van der Waals surface area (Å²) in [5, 5.41) is 5.05. The van der Waals surface area contributed by atoms with Crippen molar-refractivity contribution in [1.82, 2.24) is 24.5 Å². The van der Waals surface area contributed by atoms with Crippen molar-refractivity contribution in [3.05, 3.63) is 40.5 Å². The van der Waals surface area contributed by atoms with Gasteiger partial charge in [0.25, 0.3) is 11.7 Å². The van der Waals surface area contributed by atoms with E-state index in [1.54, 1.807) is 11.0 Å². The van der Waals surface area contributed by atoms with Crippen LogP contribution in [0.25, 0.3) is 5.78 Å². The summed E-state index contributed by atoms with van der Waals surface area (Å²) in [7, 11) is -3.42. The van der Waals surface area contributed by atoms with Gasteiger partial charge >= 0.3 is 0 Å². The van der Waals surface area contributed by atoms with Crippen molar-refractivity contribution in [3.63, 3.8) is 0 Å². The summed E-state index contributed by atoms with van der Waals surface area (Å²) in [6, 6.07) is 5.88. The van der Waals surface area contributed by atoms with Crippen molar-refractivity contribution in [2.45, 2.75) is 23.1 Å². The van der Waals surface area contributed by atoms with Gasteiger partial charge in [0.1, 0.15) is 12.7 Å². The number of nitrogens with zero attached hydrogens (tertiary/aromatic N) is 5. The number of benzene rings is 1. The first-order chi connectivity index (χ1) is 15.7. The summed E-state index contributed by atoms with van der Waals surface area (Å²) < 4.78 is 36.7. The van der Waals surface area contributed by atoms with Crippen molar-refractivity contribution >= 4 is 44.9 Å². The lowest BCUT2D eigenvalue weighted by Crippen LogP contribution is -2.47. The standard InChI is InChI=1S/C20H22ClN5O5S2/c1-12-8-17(26-19(22-12)23-20(24-26)32-2)31-11-13-10-25(6-7-30-13)18(27)15-5-4-14(9-16(15)21)33(3,28)29/h4-5,8-9,13H,6-7,10-11H2,1-3H3. The van der Waals surface area contributed by atoms with Crippen LogP contribution in [0, 0.1) is 6.92 Å². The molecule has 0 N–H and O–H groups in total. The van der Waals surface area contributed by atoms with Gasteiger partial charge in [-0.2, -0.15) is 9.50 Å². The highest BCUT2D eigenvalue weighted by Crippen LogP contribution is 2.24. The molecule has 3 aromatic rings. The number of thioether (sulfide) groups is 1. The molecule has 1 aliphatic rings. The number of ether oxygens (including phenoxy) is 2. The zero-order valence-electron chi connectivity index (χ0n) is 18.2. The Hall–Kier alpha value is -2.41. The summed E-state index contributed by atoms with van der Waals surface area (Å²) in [4.78, 5) is 23.4. The lowest BCUT2D eigenvalue weighted by atomic mass is 10.1. The Kier molecular flexibility index (Phi) is 6.80. The van der Waals surface area contributed by atoms with Crippen LogP contribution in [0.2, 0.25) is 5.02 Å². The number of morpholine rings is 1. The van der Waals surface area contributed by atoms with E-state index in [1.807, 2.05) is 13.2 Å². The summed E-state index contributed by atoms with van der Waals surface area (Å²) in [5.74, 6) is 0.635. The van der Waals surface area contributed by atoms with E-state index in [-0.39, 0.29) is 34.1 Å². The van der Waals surface area contributed by atoms with Crippen LogP contribution in [0.4, 0.5) is 0 Å². The number of rotatable bonds is 6. The van der Waals surface area contributed by atoms with Gasteiger partial charge in [0.05, 0.1) is 28.6 Å². The van der Waals surface area contributed by atoms with E-state index < -0.39 is 9.84 Å². The number of carbonyl (C=O) groups is 1. The fourth-order valence-electron chi connectivity index (χ4n) is 3.38. The quantitative estimate of drug-likeness (QED) is 0.459. The number of hydrogen-bond donors (Lipinski definition) is 0. The van der Waals surface area contributed by atoms with Gasteiger partial charge in [-0.25, -0.2) is 13.4 Å². The van der Waals surface area contributed by atoms with Gasteiger partial charge in [-0.1, -0.05) is 23.4 Å². The van der Waals surface area contributed by atoms with Crippen molar-refractivity contribution in [1.29, 1.82) is 0 Å². The van der Waals surface area contributed by atoms with Gasteiger partial charge in [0.2, 0.25) is 11.0 Å². The first-order valence-electron chi connectivity index (χ1n) is 9.97. The largest absolute Gasteiger partial charge is 0.475 e. The fourth-order valence-corrected chi connectivity index (χ4v) is 4.69. The first kappa shape index (κ1) is 23.7. The van der Waals surface area contributed by atoms with E-state index in [2.05, 4.69) is 15.1 Å². The van der Waals surface area contributed by atoms with E-state index in [9.17, 15) is 13.2 Å². The fraction of sp³-hybridized carbons (Fsp3) is 0.400. The molecule has 1 saturated heterocycles. The smallest absolute Gasteiger partial charge is 0.256 e. The van der Waals surface area contributed by atoms with E-state index >= 15 is 0 Å². The zero-order chi connectivity index (χ0) is 23.8. The third-order valence-electron chi connectivity index (χ3n) is 5.01. The second-order valence-corrected chi connectivity index (χ2v) is 10.7. The van der Waals surface area contributed by atoms with E-state index in [0.29, 0.717) is 36.5 Å². The highest BCUT2D eigenvalue weighted by Gasteiger charge is 2.27. The molecule has 4 rings (SSSR count). The average Bonchev–Trinajstić information content (AvgIpc) is 3.19. The predicted octanol–water partition coefficient (Wildman–Crippen LogP) is 2.13. The molecule has 10 nitrogen and oxygen atoms in total. The molecule has 0 aliphatic carbocycles. The summed E-state index contributed by atoms with van der Waals surface area (Å²) in [6.45, 7) is 3.06. The molecule has 0 saturated carbocycles. The highest BCUT2D eigenvalue weighted by atomic mass is 35.5. The molecule has 0 bridgehead atoms. The Balaban J connectivity index is 1.46. The average molecular weight is 512 g/mol. The van der Waals surface area contributed by atoms with Crippen LogP contribution >= 0.6 is 23.4 Å². The van der Waals surface area contributed by atoms with Crippen molar-refractivity contribution in [2.75, 3.05) is 38.8 Å². The number of aryl methyl sites for hydroxylation is 1. The number of carbonyl (C=O) groups excluding carboxylic acids is 1. The van der Waals surface area contributed by atoms with Crippen LogP contribution < -0.4 is 4.74 Å². The number of hydrogen-bond acceptors (Lipinski definition) is 9. The molecule has 176 valence electrons. The van der Waals surface area contributed by atoms with Crippen LogP contribution in [0.1, 0.15) is 16.1 Å². The lowest BCUT2D eigenvalue weighted by Gasteiger charge is -2.33.